The third kappa shape index (κ3) is 3.00. The van der Waals surface area contributed by atoms with E-state index in [4.69, 9.17) is 0 Å². The van der Waals surface area contributed by atoms with Crippen LogP contribution in [0.15, 0.2) is 29.1 Å². The zero-order valence-corrected chi connectivity index (χ0v) is 13.7. The minimum atomic E-state index is -0.179. The number of nitrogens with zero attached hydrogens (tertiary/aromatic N) is 2. The Hall–Kier alpha value is -2.17. The molecule has 122 valence electrons. The van der Waals surface area contributed by atoms with Gasteiger partial charge in [0.15, 0.2) is 5.69 Å². The van der Waals surface area contributed by atoms with Gasteiger partial charge in [0.05, 0.1) is 5.39 Å². The first-order chi connectivity index (χ1) is 11.1. The number of aromatic nitrogens is 2. The Morgan fingerprint density at radius 1 is 1.26 bits per heavy atom. The molecule has 1 heterocycles. The lowest BCUT2D eigenvalue weighted by atomic mass is 9.86. The standard InChI is InChI=1S/C18H23N3O2/c1-3-21-18(23)14-10-6-5-9-13(14)16(20-21)17(22)19-15-11-7-4-8-12(15)2/h5-6,9-10,12,15H,3-4,7-8,11H2,1-2H3,(H,19,22). The highest BCUT2D eigenvalue weighted by molar-refractivity contribution is 6.04. The van der Waals surface area contributed by atoms with E-state index in [0.29, 0.717) is 28.9 Å². The van der Waals surface area contributed by atoms with E-state index in [1.54, 1.807) is 12.1 Å². The molecule has 2 unspecified atom stereocenters. The van der Waals surface area contributed by atoms with E-state index in [-0.39, 0.29) is 17.5 Å². The molecule has 1 aliphatic rings. The van der Waals surface area contributed by atoms with Gasteiger partial charge in [0, 0.05) is 18.0 Å². The monoisotopic (exact) mass is 313 g/mol. The van der Waals surface area contributed by atoms with Gasteiger partial charge in [-0.05, 0) is 31.7 Å². The highest BCUT2D eigenvalue weighted by atomic mass is 16.2. The van der Waals surface area contributed by atoms with Crippen molar-refractivity contribution in [3.8, 4) is 0 Å². The number of hydrogen-bond acceptors (Lipinski definition) is 3. The van der Waals surface area contributed by atoms with Crippen molar-refractivity contribution in [3.63, 3.8) is 0 Å². The first kappa shape index (κ1) is 15.7. The fourth-order valence-electron chi connectivity index (χ4n) is 3.38. The smallest absolute Gasteiger partial charge is 0.274 e. The molecule has 5 nitrogen and oxygen atoms in total. The topological polar surface area (TPSA) is 64.0 Å². The summed E-state index contributed by atoms with van der Waals surface area (Å²) < 4.78 is 1.36. The van der Waals surface area contributed by atoms with Crippen LogP contribution in [0.5, 0.6) is 0 Å². The van der Waals surface area contributed by atoms with Crippen LogP contribution >= 0.6 is 0 Å². The zero-order valence-electron chi connectivity index (χ0n) is 13.7. The van der Waals surface area contributed by atoms with Crippen molar-refractivity contribution in [2.45, 2.75) is 52.1 Å². The van der Waals surface area contributed by atoms with Crippen LogP contribution in [-0.2, 0) is 6.54 Å². The third-order valence-corrected chi connectivity index (χ3v) is 4.81. The molecule has 0 saturated heterocycles. The van der Waals surface area contributed by atoms with Gasteiger partial charge in [-0.1, -0.05) is 38.0 Å². The quantitative estimate of drug-likeness (QED) is 0.947. The Kier molecular flexibility index (Phi) is 4.46. The zero-order chi connectivity index (χ0) is 16.4. The summed E-state index contributed by atoms with van der Waals surface area (Å²) in [6, 6.07) is 7.39. The summed E-state index contributed by atoms with van der Waals surface area (Å²) in [6.07, 6.45) is 4.54. The van der Waals surface area contributed by atoms with E-state index < -0.39 is 0 Å². The highest BCUT2D eigenvalue weighted by Gasteiger charge is 2.25. The van der Waals surface area contributed by atoms with Gasteiger partial charge in [0.2, 0.25) is 0 Å². The number of fused-ring (bicyclic) bond motifs is 1. The third-order valence-electron chi connectivity index (χ3n) is 4.81. The molecule has 2 aromatic rings. The van der Waals surface area contributed by atoms with Gasteiger partial charge in [-0.2, -0.15) is 5.10 Å². The lowest BCUT2D eigenvalue weighted by molar-refractivity contribution is 0.0904. The predicted molar refractivity (Wildman–Crippen MR) is 90.6 cm³/mol. The van der Waals surface area contributed by atoms with Crippen molar-refractivity contribution in [2.24, 2.45) is 5.92 Å². The summed E-state index contributed by atoms with van der Waals surface area (Å²) in [4.78, 5) is 25.1. The molecule has 0 bridgehead atoms. The van der Waals surface area contributed by atoms with E-state index in [2.05, 4.69) is 17.3 Å². The van der Waals surface area contributed by atoms with Gasteiger partial charge in [0.1, 0.15) is 0 Å². The molecule has 0 aliphatic heterocycles. The Labute approximate surface area is 135 Å². The molecule has 1 N–H and O–H groups in total. The molecule has 1 saturated carbocycles. The maximum absolute atomic E-state index is 12.8. The van der Waals surface area contributed by atoms with Crippen LogP contribution in [0.1, 0.15) is 50.0 Å². The van der Waals surface area contributed by atoms with Crippen molar-refractivity contribution in [1.29, 1.82) is 0 Å². The van der Waals surface area contributed by atoms with Gasteiger partial charge in [-0.25, -0.2) is 4.68 Å². The number of benzene rings is 1. The van der Waals surface area contributed by atoms with Crippen LogP contribution in [0.25, 0.3) is 10.8 Å². The molecule has 1 aliphatic carbocycles. The Morgan fingerprint density at radius 3 is 2.65 bits per heavy atom. The molecule has 1 aromatic heterocycles. The molecular weight excluding hydrogens is 290 g/mol. The predicted octanol–water partition coefficient (Wildman–Crippen LogP) is 2.72. The molecule has 5 heteroatoms. The number of nitrogens with one attached hydrogen (secondary N) is 1. The summed E-state index contributed by atoms with van der Waals surface area (Å²) in [5, 5.41) is 8.61. The molecule has 3 rings (SSSR count). The van der Waals surface area contributed by atoms with Crippen molar-refractivity contribution >= 4 is 16.7 Å². The number of rotatable bonds is 3. The summed E-state index contributed by atoms with van der Waals surface area (Å²) in [5.41, 5.74) is 0.200. The van der Waals surface area contributed by atoms with Gasteiger partial charge in [-0.3, -0.25) is 9.59 Å². The van der Waals surface area contributed by atoms with Gasteiger partial charge in [-0.15, -0.1) is 0 Å². The van der Waals surface area contributed by atoms with Gasteiger partial charge in [0.25, 0.3) is 11.5 Å². The van der Waals surface area contributed by atoms with E-state index in [1.807, 2.05) is 19.1 Å². The summed E-state index contributed by atoms with van der Waals surface area (Å²) in [6.45, 7) is 4.49. The number of carbonyl (C=O) groups is 1. The molecule has 1 fully saturated rings. The lowest BCUT2D eigenvalue weighted by Crippen LogP contribution is -2.42. The number of carbonyl (C=O) groups excluding carboxylic acids is 1. The first-order valence-electron chi connectivity index (χ1n) is 8.42. The Balaban J connectivity index is 2.00. The van der Waals surface area contributed by atoms with Gasteiger partial charge >= 0.3 is 0 Å². The Morgan fingerprint density at radius 2 is 1.96 bits per heavy atom. The van der Waals surface area contributed by atoms with Crippen LogP contribution < -0.4 is 10.9 Å². The number of hydrogen-bond donors (Lipinski definition) is 1. The summed E-state index contributed by atoms with van der Waals surface area (Å²) >= 11 is 0. The SMILES string of the molecule is CCn1nc(C(=O)NC2CCCCC2C)c2ccccc2c1=O. The second-order valence-electron chi connectivity index (χ2n) is 6.36. The molecule has 1 aromatic carbocycles. The molecule has 0 radical (unpaired) electrons. The van der Waals surface area contributed by atoms with E-state index in [9.17, 15) is 9.59 Å². The number of amides is 1. The van der Waals surface area contributed by atoms with Gasteiger partial charge < -0.3 is 5.32 Å². The average Bonchev–Trinajstić information content (AvgIpc) is 2.57. The lowest BCUT2D eigenvalue weighted by Gasteiger charge is -2.29. The molecule has 1 amide bonds. The molecule has 0 spiro atoms. The second kappa shape index (κ2) is 6.52. The summed E-state index contributed by atoms with van der Waals surface area (Å²) in [5.74, 6) is 0.304. The average molecular weight is 313 g/mol. The van der Waals surface area contributed by atoms with E-state index in [1.165, 1.54) is 11.1 Å². The maximum atomic E-state index is 12.8. The highest BCUT2D eigenvalue weighted by Crippen LogP contribution is 2.24. The van der Waals surface area contributed by atoms with Crippen LogP contribution in [-0.4, -0.2) is 21.7 Å². The first-order valence-corrected chi connectivity index (χ1v) is 8.42. The minimum Gasteiger partial charge on any atom is -0.348 e. The molecule has 2 atom stereocenters. The normalized spacial score (nSPS) is 21.3. The van der Waals surface area contributed by atoms with Crippen LogP contribution in [0.2, 0.25) is 0 Å². The van der Waals surface area contributed by atoms with Crippen molar-refractivity contribution in [2.75, 3.05) is 0 Å². The summed E-state index contributed by atoms with van der Waals surface area (Å²) in [7, 11) is 0. The maximum Gasteiger partial charge on any atom is 0.274 e. The van der Waals surface area contributed by atoms with E-state index >= 15 is 0 Å². The van der Waals surface area contributed by atoms with Crippen LogP contribution in [0.3, 0.4) is 0 Å². The molecular formula is C18H23N3O2. The van der Waals surface area contributed by atoms with Crippen LogP contribution in [0.4, 0.5) is 0 Å². The largest absolute Gasteiger partial charge is 0.348 e. The van der Waals surface area contributed by atoms with Crippen molar-refractivity contribution in [3.05, 3.63) is 40.3 Å². The molecule has 23 heavy (non-hydrogen) atoms. The Bertz CT molecular complexity index is 781. The van der Waals surface area contributed by atoms with Crippen LogP contribution in [0, 0.1) is 5.92 Å². The van der Waals surface area contributed by atoms with E-state index in [0.717, 1.165) is 19.3 Å². The number of aryl methyl sites for hydroxylation is 1. The fourth-order valence-corrected chi connectivity index (χ4v) is 3.38. The van der Waals surface area contributed by atoms with Crippen molar-refractivity contribution in [1.82, 2.24) is 15.1 Å². The fraction of sp³-hybridized carbons (Fsp3) is 0.500. The minimum absolute atomic E-state index is 0.148. The van der Waals surface area contributed by atoms with Crippen molar-refractivity contribution < 1.29 is 4.79 Å². The second-order valence-corrected chi connectivity index (χ2v) is 6.36.